The molecule has 0 atom stereocenters. The first-order valence-electron chi connectivity index (χ1n) is 11.7. The monoisotopic (exact) mass is 497 g/mol. The second-order valence-corrected chi connectivity index (χ2v) is 8.80. The number of ketones is 1. The number of aryl methyl sites for hydroxylation is 2. The van der Waals surface area contributed by atoms with Crippen LogP contribution in [-0.2, 0) is 17.9 Å². The molecule has 6 rings (SSSR count). The molecule has 1 N–H and O–H groups in total. The molecular weight excluding hydrogens is 474 g/mol. The van der Waals surface area contributed by atoms with Crippen molar-refractivity contribution in [3.63, 3.8) is 0 Å². The molecule has 1 amide bonds. The quantitative estimate of drug-likeness (QED) is 0.288. The molecule has 5 heterocycles. The van der Waals surface area contributed by atoms with Gasteiger partial charge in [0.1, 0.15) is 17.9 Å². The third-order valence-electron chi connectivity index (χ3n) is 6.56. The van der Waals surface area contributed by atoms with Crippen LogP contribution in [0.5, 0.6) is 5.75 Å². The van der Waals surface area contributed by atoms with Gasteiger partial charge in [-0.25, -0.2) is 14.6 Å². The fourth-order valence-corrected chi connectivity index (χ4v) is 4.67. The van der Waals surface area contributed by atoms with E-state index in [2.05, 4.69) is 30.2 Å². The fraction of sp³-hybridized carbons (Fsp3) is 0.240. The van der Waals surface area contributed by atoms with Crippen molar-refractivity contribution in [2.45, 2.75) is 26.9 Å². The lowest BCUT2D eigenvalue weighted by Crippen LogP contribution is -2.42. The molecule has 0 saturated heterocycles. The first-order chi connectivity index (χ1) is 18.0. The van der Waals surface area contributed by atoms with Crippen molar-refractivity contribution in [2.24, 2.45) is 0 Å². The summed E-state index contributed by atoms with van der Waals surface area (Å²) in [6, 6.07) is 7.96. The van der Waals surface area contributed by atoms with Gasteiger partial charge in [-0.3, -0.25) is 9.59 Å². The van der Waals surface area contributed by atoms with Gasteiger partial charge in [-0.15, -0.1) is 10.2 Å². The molecule has 37 heavy (non-hydrogen) atoms. The van der Waals surface area contributed by atoms with E-state index in [0.717, 1.165) is 17.0 Å². The number of fused-ring (bicyclic) bond motifs is 2. The van der Waals surface area contributed by atoms with Crippen LogP contribution in [0.1, 0.15) is 27.6 Å². The highest BCUT2D eigenvalue weighted by Crippen LogP contribution is 2.32. The van der Waals surface area contributed by atoms with Crippen molar-refractivity contribution >= 4 is 22.6 Å². The Morgan fingerprint density at radius 2 is 1.92 bits per heavy atom. The molecule has 0 unspecified atom stereocenters. The van der Waals surface area contributed by atoms with Crippen LogP contribution < -0.4 is 4.74 Å². The van der Waals surface area contributed by atoms with Gasteiger partial charge < -0.3 is 19.2 Å². The van der Waals surface area contributed by atoms with Crippen molar-refractivity contribution in [1.29, 1.82) is 0 Å². The molecule has 0 spiro atoms. The number of carbonyl (C=O) groups is 2. The number of aromatic amines is 1. The van der Waals surface area contributed by atoms with E-state index in [-0.39, 0.29) is 12.1 Å². The zero-order valence-corrected chi connectivity index (χ0v) is 20.5. The Hall–Kier alpha value is -4.87. The van der Waals surface area contributed by atoms with Crippen LogP contribution in [0.25, 0.3) is 28.1 Å². The molecule has 4 aromatic heterocycles. The molecule has 1 aliphatic rings. The summed E-state index contributed by atoms with van der Waals surface area (Å²) < 4.78 is 8.98. The maximum Gasteiger partial charge on any atom is 0.295 e. The van der Waals surface area contributed by atoms with Crippen LogP contribution in [-0.4, -0.2) is 69.7 Å². The van der Waals surface area contributed by atoms with E-state index < -0.39 is 11.7 Å². The number of nitrogens with zero attached hydrogens (tertiary/aromatic N) is 8. The molecule has 0 aliphatic carbocycles. The molecule has 0 bridgehead atoms. The third kappa shape index (κ3) is 3.64. The molecule has 0 fully saturated rings. The minimum Gasteiger partial charge on any atom is -0.494 e. The van der Waals surface area contributed by atoms with E-state index in [1.807, 2.05) is 35.8 Å². The number of hydrogen-bond donors (Lipinski definition) is 1. The maximum absolute atomic E-state index is 13.5. The standard InChI is InChI=1S/C25H23N9O3/c1-14-6-4-5-7-16(14)23-30-29-19-12-32(8-9-33(19)23)25(36)22(35)17-10-26-21-20(17)18(37-3)11-27-24(21)34-13-28-15(2)31-34/h4-7,10-11,13,26H,8-9,12H2,1-3H3. The number of pyridine rings is 1. The zero-order chi connectivity index (χ0) is 25.7. The fourth-order valence-electron chi connectivity index (χ4n) is 4.67. The number of methoxy groups -OCH3 is 1. The Labute approximate surface area is 210 Å². The van der Waals surface area contributed by atoms with E-state index in [4.69, 9.17) is 4.74 Å². The minimum absolute atomic E-state index is 0.188. The second kappa shape index (κ2) is 8.66. The van der Waals surface area contributed by atoms with Crippen molar-refractivity contribution < 1.29 is 14.3 Å². The van der Waals surface area contributed by atoms with Crippen molar-refractivity contribution in [3.05, 3.63) is 65.8 Å². The van der Waals surface area contributed by atoms with Crippen LogP contribution >= 0.6 is 0 Å². The molecule has 0 saturated carbocycles. The SMILES string of the molecule is COc1cnc(-n2cnc(C)n2)c2[nH]cc(C(=O)C(=O)N3CCn4c(nnc4-c4ccccc4C)C3)c12. The summed E-state index contributed by atoms with van der Waals surface area (Å²) in [7, 11) is 1.49. The van der Waals surface area contributed by atoms with E-state index in [9.17, 15) is 9.59 Å². The summed E-state index contributed by atoms with van der Waals surface area (Å²) in [6.07, 6.45) is 4.54. The zero-order valence-electron chi connectivity index (χ0n) is 20.5. The van der Waals surface area contributed by atoms with Gasteiger partial charge in [0.2, 0.25) is 0 Å². The first-order valence-corrected chi connectivity index (χ1v) is 11.7. The number of nitrogens with one attached hydrogen (secondary N) is 1. The Kier molecular flexibility index (Phi) is 5.29. The van der Waals surface area contributed by atoms with E-state index in [1.165, 1.54) is 35.4 Å². The van der Waals surface area contributed by atoms with Gasteiger partial charge in [-0.2, -0.15) is 5.10 Å². The topological polar surface area (TPSA) is 137 Å². The number of rotatable bonds is 5. The maximum atomic E-state index is 13.5. The lowest BCUT2D eigenvalue weighted by atomic mass is 10.1. The smallest absolute Gasteiger partial charge is 0.295 e. The predicted molar refractivity (Wildman–Crippen MR) is 132 cm³/mol. The highest BCUT2D eigenvalue weighted by Gasteiger charge is 2.32. The molecule has 186 valence electrons. The van der Waals surface area contributed by atoms with Crippen LogP contribution in [0.4, 0.5) is 0 Å². The number of Topliss-reactive ketones (excluding diaryl/α,β-unsaturated/α-hetero) is 1. The van der Waals surface area contributed by atoms with Gasteiger partial charge in [-0.05, 0) is 19.4 Å². The van der Waals surface area contributed by atoms with Gasteiger partial charge in [0.05, 0.1) is 36.3 Å². The summed E-state index contributed by atoms with van der Waals surface area (Å²) in [4.78, 5) is 39.9. The minimum atomic E-state index is -0.649. The predicted octanol–water partition coefficient (Wildman–Crippen LogP) is 2.25. The number of carbonyl (C=O) groups excluding carboxylic acids is 2. The van der Waals surface area contributed by atoms with Gasteiger partial charge in [0.15, 0.2) is 17.5 Å². The molecule has 12 heteroatoms. The summed E-state index contributed by atoms with van der Waals surface area (Å²) in [5, 5.41) is 13.4. The molecule has 12 nitrogen and oxygen atoms in total. The van der Waals surface area contributed by atoms with Crippen molar-refractivity contribution in [2.75, 3.05) is 13.7 Å². The summed E-state index contributed by atoms with van der Waals surface area (Å²) in [5.74, 6) is 1.51. The van der Waals surface area contributed by atoms with Crippen LogP contribution in [0, 0.1) is 13.8 Å². The number of amides is 1. The van der Waals surface area contributed by atoms with Crippen LogP contribution in [0.2, 0.25) is 0 Å². The van der Waals surface area contributed by atoms with E-state index in [1.54, 1.807) is 6.92 Å². The van der Waals surface area contributed by atoms with Gasteiger partial charge in [0, 0.05) is 24.8 Å². The molecular formula is C25H23N9O3. The first kappa shape index (κ1) is 22.6. The summed E-state index contributed by atoms with van der Waals surface area (Å²) in [6.45, 7) is 4.83. The van der Waals surface area contributed by atoms with E-state index >= 15 is 0 Å². The second-order valence-electron chi connectivity index (χ2n) is 8.80. The number of H-pyrrole nitrogens is 1. The number of hydrogen-bond acceptors (Lipinski definition) is 8. The lowest BCUT2D eigenvalue weighted by molar-refractivity contribution is -0.127. The molecule has 1 aliphatic heterocycles. The van der Waals surface area contributed by atoms with Crippen molar-refractivity contribution in [3.8, 4) is 23.0 Å². The average molecular weight is 498 g/mol. The molecule has 1 aromatic carbocycles. The number of benzene rings is 1. The van der Waals surface area contributed by atoms with Gasteiger partial charge >= 0.3 is 0 Å². The molecule has 5 aromatic rings. The van der Waals surface area contributed by atoms with Crippen LogP contribution in [0.15, 0.2) is 43.0 Å². The van der Waals surface area contributed by atoms with Crippen molar-refractivity contribution in [1.82, 2.24) is 44.4 Å². The third-order valence-corrected chi connectivity index (χ3v) is 6.56. The summed E-state index contributed by atoms with van der Waals surface area (Å²) >= 11 is 0. The number of ether oxygens (including phenoxy) is 1. The highest BCUT2D eigenvalue weighted by atomic mass is 16.5. The lowest BCUT2D eigenvalue weighted by Gasteiger charge is -2.27. The number of aromatic nitrogens is 8. The normalized spacial score (nSPS) is 13.1. The summed E-state index contributed by atoms with van der Waals surface area (Å²) in [5.41, 5.74) is 2.80. The Morgan fingerprint density at radius 1 is 1.08 bits per heavy atom. The Morgan fingerprint density at radius 3 is 2.68 bits per heavy atom. The van der Waals surface area contributed by atoms with Gasteiger partial charge in [-0.1, -0.05) is 24.3 Å². The Balaban J connectivity index is 1.31. The Bertz CT molecular complexity index is 1680. The largest absolute Gasteiger partial charge is 0.494 e. The highest BCUT2D eigenvalue weighted by molar-refractivity contribution is 6.45. The molecule has 0 radical (unpaired) electrons. The van der Waals surface area contributed by atoms with E-state index in [0.29, 0.717) is 47.2 Å². The van der Waals surface area contributed by atoms with Gasteiger partial charge in [0.25, 0.3) is 11.7 Å². The van der Waals surface area contributed by atoms with Crippen LogP contribution in [0.3, 0.4) is 0 Å². The average Bonchev–Trinajstić information content (AvgIpc) is 3.65.